The van der Waals surface area contributed by atoms with E-state index in [-0.39, 0.29) is 0 Å². The molecule has 0 saturated heterocycles. The van der Waals surface area contributed by atoms with Crippen molar-refractivity contribution in [3.05, 3.63) is 65.2 Å². The third-order valence-electron chi connectivity index (χ3n) is 2.60. The van der Waals surface area contributed by atoms with Gasteiger partial charge in [0.1, 0.15) is 5.75 Å². The fourth-order valence-electron chi connectivity index (χ4n) is 1.88. The molecule has 0 heterocycles. The van der Waals surface area contributed by atoms with Gasteiger partial charge in [-0.2, -0.15) is 0 Å². The van der Waals surface area contributed by atoms with E-state index in [1.54, 1.807) is 7.11 Å². The van der Waals surface area contributed by atoms with Crippen LogP contribution in [0.15, 0.2) is 48.5 Å². The fourth-order valence-corrected chi connectivity index (χ4v) is 1.88. The highest BCUT2D eigenvalue weighted by atomic mass is 16.5. The predicted molar refractivity (Wildman–Crippen MR) is 67.0 cm³/mol. The maximum Gasteiger partial charge on any atom is 0.119 e. The summed E-state index contributed by atoms with van der Waals surface area (Å²) in [5.74, 6) is 0.936. The van der Waals surface area contributed by atoms with Crippen LogP contribution in [0.3, 0.4) is 0 Å². The minimum Gasteiger partial charge on any atom is -0.497 e. The second kappa shape index (κ2) is 4.84. The highest BCUT2D eigenvalue weighted by Gasteiger charge is 2.00. The molecule has 1 heteroatoms. The molecule has 1 nitrogen and oxygen atoms in total. The van der Waals surface area contributed by atoms with E-state index in [2.05, 4.69) is 49.4 Å². The summed E-state index contributed by atoms with van der Waals surface area (Å²) in [6, 6.07) is 16.8. The van der Waals surface area contributed by atoms with Gasteiger partial charge < -0.3 is 4.74 Å². The standard InChI is InChI=1S/C15H16O/c1-12-8-14(11-15(9-12)16-2)10-13-6-4-3-5-7-13/h3-9,11H,10H2,1-2H3. The Bertz CT molecular complexity index is 460. The van der Waals surface area contributed by atoms with Crippen LogP contribution in [-0.2, 0) is 6.42 Å². The lowest BCUT2D eigenvalue weighted by molar-refractivity contribution is 0.414. The maximum atomic E-state index is 5.27. The number of aryl methyl sites for hydroxylation is 1. The number of methoxy groups -OCH3 is 1. The number of rotatable bonds is 3. The Labute approximate surface area is 96.7 Å². The predicted octanol–water partition coefficient (Wildman–Crippen LogP) is 3.59. The van der Waals surface area contributed by atoms with Gasteiger partial charge in [-0.3, -0.25) is 0 Å². The van der Waals surface area contributed by atoms with Crippen molar-refractivity contribution in [2.24, 2.45) is 0 Å². The Kier molecular flexibility index (Phi) is 3.25. The minimum atomic E-state index is 0.936. The number of hydrogen-bond acceptors (Lipinski definition) is 1. The van der Waals surface area contributed by atoms with Crippen molar-refractivity contribution in [1.82, 2.24) is 0 Å². The SMILES string of the molecule is COc1cc(C)cc(Cc2ccccc2)c1. The van der Waals surface area contributed by atoms with Gasteiger partial charge in [0.25, 0.3) is 0 Å². The lowest BCUT2D eigenvalue weighted by Gasteiger charge is -2.06. The van der Waals surface area contributed by atoms with Crippen LogP contribution in [0.1, 0.15) is 16.7 Å². The molecule has 0 atom stereocenters. The van der Waals surface area contributed by atoms with E-state index in [0.29, 0.717) is 0 Å². The summed E-state index contributed by atoms with van der Waals surface area (Å²) in [7, 11) is 1.71. The van der Waals surface area contributed by atoms with E-state index in [1.807, 2.05) is 6.07 Å². The van der Waals surface area contributed by atoms with Gasteiger partial charge in [-0.1, -0.05) is 36.4 Å². The van der Waals surface area contributed by atoms with Crippen LogP contribution in [0, 0.1) is 6.92 Å². The van der Waals surface area contributed by atoms with E-state index >= 15 is 0 Å². The van der Waals surface area contributed by atoms with Crippen LogP contribution in [-0.4, -0.2) is 7.11 Å². The molecule has 0 amide bonds. The zero-order valence-electron chi connectivity index (χ0n) is 9.73. The van der Waals surface area contributed by atoms with E-state index < -0.39 is 0 Å². The van der Waals surface area contributed by atoms with E-state index in [0.717, 1.165) is 12.2 Å². The highest BCUT2D eigenvalue weighted by molar-refractivity contribution is 5.36. The van der Waals surface area contributed by atoms with Gasteiger partial charge >= 0.3 is 0 Å². The number of benzene rings is 2. The van der Waals surface area contributed by atoms with Gasteiger partial charge in [-0.25, -0.2) is 0 Å². The molecule has 0 aliphatic heterocycles. The molecule has 0 saturated carbocycles. The van der Waals surface area contributed by atoms with E-state index in [9.17, 15) is 0 Å². The van der Waals surface area contributed by atoms with Crippen molar-refractivity contribution in [2.75, 3.05) is 7.11 Å². The van der Waals surface area contributed by atoms with Crippen LogP contribution < -0.4 is 4.74 Å². The summed E-state index contributed by atoms with van der Waals surface area (Å²) in [5.41, 5.74) is 3.86. The number of hydrogen-bond donors (Lipinski definition) is 0. The summed E-state index contributed by atoms with van der Waals surface area (Å²) in [6.45, 7) is 2.09. The first kappa shape index (κ1) is 10.7. The Hall–Kier alpha value is -1.76. The molecule has 0 bridgehead atoms. The van der Waals surface area contributed by atoms with Gasteiger partial charge in [-0.05, 0) is 42.2 Å². The molecular weight excluding hydrogens is 196 g/mol. The zero-order valence-corrected chi connectivity index (χ0v) is 9.73. The molecule has 0 aliphatic carbocycles. The van der Waals surface area contributed by atoms with Gasteiger partial charge in [-0.15, -0.1) is 0 Å². The molecular formula is C15H16O. The molecule has 2 aromatic carbocycles. The molecule has 82 valence electrons. The number of ether oxygens (including phenoxy) is 1. The van der Waals surface area contributed by atoms with Crippen molar-refractivity contribution >= 4 is 0 Å². The van der Waals surface area contributed by atoms with Gasteiger partial charge in [0, 0.05) is 0 Å². The molecule has 0 spiro atoms. The topological polar surface area (TPSA) is 9.23 Å². The second-order valence-corrected chi connectivity index (χ2v) is 4.02. The van der Waals surface area contributed by atoms with Crippen LogP contribution in [0.5, 0.6) is 5.75 Å². The van der Waals surface area contributed by atoms with Crippen molar-refractivity contribution in [3.63, 3.8) is 0 Å². The molecule has 0 unspecified atom stereocenters. The van der Waals surface area contributed by atoms with Gasteiger partial charge in [0.05, 0.1) is 7.11 Å². The maximum absolute atomic E-state index is 5.27. The summed E-state index contributed by atoms with van der Waals surface area (Å²) in [5, 5.41) is 0. The normalized spacial score (nSPS) is 10.1. The molecule has 0 fully saturated rings. The largest absolute Gasteiger partial charge is 0.497 e. The first-order valence-electron chi connectivity index (χ1n) is 5.46. The Morgan fingerprint density at radius 3 is 2.38 bits per heavy atom. The molecule has 2 rings (SSSR count). The van der Waals surface area contributed by atoms with Crippen molar-refractivity contribution < 1.29 is 4.74 Å². The monoisotopic (exact) mass is 212 g/mol. The van der Waals surface area contributed by atoms with E-state index in [1.165, 1.54) is 16.7 Å². The highest BCUT2D eigenvalue weighted by Crippen LogP contribution is 2.18. The van der Waals surface area contributed by atoms with Gasteiger partial charge in [0.2, 0.25) is 0 Å². The quantitative estimate of drug-likeness (QED) is 0.755. The molecule has 2 aromatic rings. The summed E-state index contributed by atoms with van der Waals surface area (Å²) in [6.07, 6.45) is 0.957. The molecule has 16 heavy (non-hydrogen) atoms. The van der Waals surface area contributed by atoms with Crippen molar-refractivity contribution in [2.45, 2.75) is 13.3 Å². The Morgan fingerprint density at radius 1 is 0.938 bits per heavy atom. The van der Waals surface area contributed by atoms with Crippen LogP contribution in [0.4, 0.5) is 0 Å². The zero-order chi connectivity index (χ0) is 11.4. The van der Waals surface area contributed by atoms with Crippen LogP contribution in [0.25, 0.3) is 0 Å². The first-order valence-corrected chi connectivity index (χ1v) is 5.46. The second-order valence-electron chi connectivity index (χ2n) is 4.02. The smallest absolute Gasteiger partial charge is 0.119 e. The van der Waals surface area contributed by atoms with E-state index in [4.69, 9.17) is 4.74 Å². The summed E-state index contributed by atoms with van der Waals surface area (Å²) >= 11 is 0. The average Bonchev–Trinajstić information content (AvgIpc) is 2.29. The lowest BCUT2D eigenvalue weighted by Crippen LogP contribution is -1.91. The van der Waals surface area contributed by atoms with Gasteiger partial charge in [0.15, 0.2) is 0 Å². The fraction of sp³-hybridized carbons (Fsp3) is 0.200. The summed E-state index contributed by atoms with van der Waals surface area (Å²) < 4.78 is 5.27. The molecule has 0 aromatic heterocycles. The van der Waals surface area contributed by atoms with Crippen molar-refractivity contribution in [3.8, 4) is 5.75 Å². The average molecular weight is 212 g/mol. The molecule has 0 N–H and O–H groups in total. The Balaban J connectivity index is 2.24. The Morgan fingerprint density at radius 2 is 1.69 bits per heavy atom. The first-order chi connectivity index (χ1) is 7.78. The third kappa shape index (κ3) is 2.63. The molecule has 0 aliphatic rings. The van der Waals surface area contributed by atoms with Crippen LogP contribution >= 0.6 is 0 Å². The van der Waals surface area contributed by atoms with Crippen LogP contribution in [0.2, 0.25) is 0 Å². The molecule has 0 radical (unpaired) electrons. The summed E-state index contributed by atoms with van der Waals surface area (Å²) in [4.78, 5) is 0. The minimum absolute atomic E-state index is 0.936. The third-order valence-corrected chi connectivity index (χ3v) is 2.60. The van der Waals surface area contributed by atoms with Crippen molar-refractivity contribution in [1.29, 1.82) is 0 Å². The lowest BCUT2D eigenvalue weighted by atomic mass is 10.0.